The normalized spacial score (nSPS) is 15.9. The monoisotopic (exact) mass is 460 g/mol. The van der Waals surface area contributed by atoms with E-state index in [2.05, 4.69) is 42.3 Å². The predicted molar refractivity (Wildman–Crippen MR) is 136 cm³/mol. The van der Waals surface area contributed by atoms with Crippen LogP contribution in [0, 0.1) is 0 Å². The highest BCUT2D eigenvalue weighted by atomic mass is 16.5. The summed E-state index contributed by atoms with van der Waals surface area (Å²) >= 11 is 0. The topological polar surface area (TPSA) is 119 Å². The highest BCUT2D eigenvalue weighted by molar-refractivity contribution is 5.98. The Kier molecular flexibility index (Phi) is 6.98. The van der Waals surface area contributed by atoms with E-state index < -0.39 is 5.91 Å². The molecule has 0 saturated carbocycles. The molecular formula is C26H32N6O2. The van der Waals surface area contributed by atoms with E-state index in [4.69, 9.17) is 21.2 Å². The minimum atomic E-state index is -0.605. The molecule has 5 N–H and O–H groups in total. The second-order valence-corrected chi connectivity index (χ2v) is 8.94. The Labute approximate surface area is 200 Å². The van der Waals surface area contributed by atoms with Gasteiger partial charge in [-0.2, -0.15) is 4.98 Å². The van der Waals surface area contributed by atoms with Gasteiger partial charge < -0.3 is 26.4 Å². The first kappa shape index (κ1) is 23.5. The number of anilines is 3. The zero-order valence-corrected chi connectivity index (χ0v) is 19.9. The third kappa shape index (κ3) is 4.97. The molecule has 2 aromatic carbocycles. The van der Waals surface area contributed by atoms with Crippen LogP contribution in [0.4, 0.5) is 17.5 Å². The highest BCUT2D eigenvalue weighted by Gasteiger charge is 2.23. The van der Waals surface area contributed by atoms with E-state index in [1.165, 1.54) is 6.20 Å². The minimum absolute atomic E-state index is 0.0702. The van der Waals surface area contributed by atoms with Crippen molar-refractivity contribution >= 4 is 23.4 Å². The van der Waals surface area contributed by atoms with Gasteiger partial charge in [0, 0.05) is 25.3 Å². The molecule has 178 valence electrons. The van der Waals surface area contributed by atoms with Crippen LogP contribution in [-0.2, 0) is 0 Å². The summed E-state index contributed by atoms with van der Waals surface area (Å²) in [5, 5.41) is 3.33. The molecule has 1 amide bonds. The lowest BCUT2D eigenvalue weighted by atomic mass is 9.95. The van der Waals surface area contributed by atoms with Gasteiger partial charge in [0.2, 0.25) is 5.95 Å². The van der Waals surface area contributed by atoms with Crippen molar-refractivity contribution < 1.29 is 9.53 Å². The summed E-state index contributed by atoms with van der Waals surface area (Å²) in [4.78, 5) is 23.3. The molecule has 1 fully saturated rings. The number of primary amides is 1. The smallest absolute Gasteiger partial charge is 0.254 e. The van der Waals surface area contributed by atoms with Gasteiger partial charge in [0.1, 0.15) is 17.1 Å². The van der Waals surface area contributed by atoms with Crippen LogP contribution in [0.25, 0.3) is 11.1 Å². The standard InChI is InChI=1S/C26H32N6O2/c1-16(2)20-12-18(17-8-5-4-6-9-17)13-22(23(20)34-3)30-25-21(24(28)33)14-29-26(31-25)32-11-7-10-19(27)15-32/h4-6,8-9,12-14,16,19H,7,10-11,15,27H2,1-3H3,(H2,28,33)(H,29,30,31)/t19-/m0/s1. The predicted octanol–water partition coefficient (Wildman–Crippen LogP) is 4.05. The van der Waals surface area contributed by atoms with Crippen molar-refractivity contribution in [2.45, 2.75) is 38.6 Å². The summed E-state index contributed by atoms with van der Waals surface area (Å²) in [5.41, 5.74) is 15.9. The van der Waals surface area contributed by atoms with Gasteiger partial charge in [-0.3, -0.25) is 4.79 Å². The Morgan fingerprint density at radius 3 is 2.62 bits per heavy atom. The van der Waals surface area contributed by atoms with E-state index in [9.17, 15) is 4.79 Å². The van der Waals surface area contributed by atoms with Crippen molar-refractivity contribution in [2.75, 3.05) is 30.4 Å². The number of amides is 1. The Balaban J connectivity index is 1.81. The largest absolute Gasteiger partial charge is 0.494 e. The highest BCUT2D eigenvalue weighted by Crippen LogP contribution is 2.40. The van der Waals surface area contributed by atoms with Crippen molar-refractivity contribution in [1.82, 2.24) is 9.97 Å². The number of piperidine rings is 1. The number of nitrogens with two attached hydrogens (primary N) is 2. The van der Waals surface area contributed by atoms with Gasteiger partial charge >= 0.3 is 0 Å². The third-order valence-electron chi connectivity index (χ3n) is 6.09. The Morgan fingerprint density at radius 1 is 1.21 bits per heavy atom. The van der Waals surface area contributed by atoms with Gasteiger partial charge in [0.15, 0.2) is 0 Å². The van der Waals surface area contributed by atoms with Gasteiger partial charge in [-0.25, -0.2) is 4.98 Å². The number of nitrogens with one attached hydrogen (secondary N) is 1. The first-order valence-corrected chi connectivity index (χ1v) is 11.6. The fourth-order valence-electron chi connectivity index (χ4n) is 4.32. The molecule has 2 heterocycles. The van der Waals surface area contributed by atoms with Gasteiger partial charge in [0.05, 0.1) is 12.8 Å². The third-order valence-corrected chi connectivity index (χ3v) is 6.09. The fourth-order valence-corrected chi connectivity index (χ4v) is 4.32. The number of hydrogen-bond donors (Lipinski definition) is 3. The summed E-state index contributed by atoms with van der Waals surface area (Å²) in [6.07, 6.45) is 3.42. The molecule has 1 aliphatic heterocycles. The maximum Gasteiger partial charge on any atom is 0.254 e. The van der Waals surface area contributed by atoms with E-state index in [-0.39, 0.29) is 17.5 Å². The molecule has 4 rings (SSSR count). The van der Waals surface area contributed by atoms with E-state index in [0.29, 0.717) is 29.7 Å². The number of methoxy groups -OCH3 is 1. The Hall–Kier alpha value is -3.65. The molecule has 3 aromatic rings. The number of benzene rings is 2. The zero-order chi connectivity index (χ0) is 24.2. The van der Waals surface area contributed by atoms with Crippen molar-refractivity contribution in [2.24, 2.45) is 11.5 Å². The van der Waals surface area contributed by atoms with E-state index in [1.54, 1.807) is 7.11 Å². The Morgan fingerprint density at radius 2 is 1.97 bits per heavy atom. The number of rotatable bonds is 7. The number of carbonyl (C=O) groups excluding carboxylic acids is 1. The van der Waals surface area contributed by atoms with Crippen molar-refractivity contribution in [3.63, 3.8) is 0 Å². The summed E-state index contributed by atoms with van der Waals surface area (Å²) in [5.74, 6) is 1.17. The van der Waals surface area contributed by atoms with Crippen LogP contribution in [0.2, 0.25) is 0 Å². The molecule has 0 spiro atoms. The molecule has 1 atom stereocenters. The van der Waals surface area contributed by atoms with Crippen LogP contribution in [0.1, 0.15) is 48.5 Å². The second-order valence-electron chi connectivity index (χ2n) is 8.94. The lowest BCUT2D eigenvalue weighted by Gasteiger charge is -2.31. The van der Waals surface area contributed by atoms with Crippen LogP contribution in [0.5, 0.6) is 5.75 Å². The molecule has 0 bridgehead atoms. The zero-order valence-electron chi connectivity index (χ0n) is 19.9. The van der Waals surface area contributed by atoms with Gasteiger partial charge in [0.25, 0.3) is 5.91 Å². The van der Waals surface area contributed by atoms with Crippen LogP contribution >= 0.6 is 0 Å². The maximum absolute atomic E-state index is 12.2. The van der Waals surface area contributed by atoms with Crippen molar-refractivity contribution in [3.05, 3.63) is 59.8 Å². The van der Waals surface area contributed by atoms with Crippen LogP contribution in [0.3, 0.4) is 0 Å². The summed E-state index contributed by atoms with van der Waals surface area (Å²) in [6.45, 7) is 5.72. The number of hydrogen-bond acceptors (Lipinski definition) is 7. The van der Waals surface area contributed by atoms with Crippen LogP contribution in [0.15, 0.2) is 48.7 Å². The summed E-state index contributed by atoms with van der Waals surface area (Å²) in [7, 11) is 1.64. The van der Waals surface area contributed by atoms with E-state index in [1.807, 2.05) is 29.2 Å². The molecule has 0 unspecified atom stereocenters. The number of nitrogens with zero attached hydrogens (tertiary/aromatic N) is 3. The molecular weight excluding hydrogens is 428 g/mol. The number of aromatic nitrogens is 2. The average molecular weight is 461 g/mol. The van der Waals surface area contributed by atoms with E-state index in [0.717, 1.165) is 36.1 Å². The minimum Gasteiger partial charge on any atom is -0.494 e. The molecule has 1 aromatic heterocycles. The second kappa shape index (κ2) is 10.1. The van der Waals surface area contributed by atoms with Gasteiger partial charge in [-0.15, -0.1) is 0 Å². The van der Waals surface area contributed by atoms with E-state index >= 15 is 0 Å². The lowest BCUT2D eigenvalue weighted by Crippen LogP contribution is -2.43. The van der Waals surface area contributed by atoms with Gasteiger partial charge in [-0.1, -0.05) is 44.2 Å². The van der Waals surface area contributed by atoms with Crippen molar-refractivity contribution in [3.8, 4) is 16.9 Å². The molecule has 8 nitrogen and oxygen atoms in total. The SMILES string of the molecule is COc1c(Nc2nc(N3CCC[C@H](N)C3)ncc2C(N)=O)cc(-c2ccccc2)cc1C(C)C. The molecule has 0 aliphatic carbocycles. The molecule has 0 radical (unpaired) electrons. The molecule has 1 aliphatic rings. The number of carbonyl (C=O) groups is 1. The first-order valence-electron chi connectivity index (χ1n) is 11.6. The van der Waals surface area contributed by atoms with Gasteiger partial charge in [-0.05, 0) is 47.6 Å². The Bertz CT molecular complexity index is 1170. The summed E-state index contributed by atoms with van der Waals surface area (Å²) in [6, 6.07) is 14.3. The maximum atomic E-state index is 12.2. The first-order chi connectivity index (χ1) is 16.4. The lowest BCUT2D eigenvalue weighted by molar-refractivity contribution is 0.100. The fraction of sp³-hybridized carbons (Fsp3) is 0.346. The van der Waals surface area contributed by atoms with Crippen LogP contribution in [-0.4, -0.2) is 42.1 Å². The number of ether oxygens (including phenoxy) is 1. The summed E-state index contributed by atoms with van der Waals surface area (Å²) < 4.78 is 5.81. The average Bonchev–Trinajstić information content (AvgIpc) is 2.84. The molecule has 8 heteroatoms. The van der Waals surface area contributed by atoms with Crippen LogP contribution < -0.4 is 26.4 Å². The molecule has 1 saturated heterocycles. The quantitative estimate of drug-likeness (QED) is 0.487. The van der Waals surface area contributed by atoms with Crippen molar-refractivity contribution in [1.29, 1.82) is 0 Å². The molecule has 34 heavy (non-hydrogen) atoms.